The summed E-state index contributed by atoms with van der Waals surface area (Å²) in [6.45, 7) is 16.4. The lowest BCUT2D eigenvalue weighted by molar-refractivity contribution is -0.139. The maximum absolute atomic E-state index is 10.3. The number of rotatable bonds is 7. The molecule has 1 rings (SSSR count). The van der Waals surface area contributed by atoms with Crippen LogP contribution in [0.15, 0.2) is 24.5 Å². The van der Waals surface area contributed by atoms with Gasteiger partial charge in [0.2, 0.25) is 0 Å². The molecule has 6 nitrogen and oxygen atoms in total. The zero-order chi connectivity index (χ0) is 22.8. The first-order valence-corrected chi connectivity index (χ1v) is 10.4. The van der Waals surface area contributed by atoms with Crippen molar-refractivity contribution in [1.82, 2.24) is 0 Å². The Kier molecular flexibility index (Phi) is 17.1. The minimum absolute atomic E-state index is 0. The van der Waals surface area contributed by atoms with Gasteiger partial charge in [-0.2, -0.15) is 0 Å². The second kappa shape index (κ2) is 15.4. The zero-order valence-electron chi connectivity index (χ0n) is 19.0. The Hall–Kier alpha value is -1.37. The lowest BCUT2D eigenvalue weighted by atomic mass is 9.88. The molecular weight excluding hydrogens is 396 g/mol. The number of aliphatic carboxylic acids is 1. The summed E-state index contributed by atoms with van der Waals surface area (Å²) in [5.74, 6) is -0.349. The summed E-state index contributed by atoms with van der Waals surface area (Å²) < 4.78 is 5.51. The Morgan fingerprint density at radius 1 is 1.16 bits per heavy atom. The summed E-state index contributed by atoms with van der Waals surface area (Å²) in [6.07, 6.45) is 4.80. The van der Waals surface area contributed by atoms with Crippen LogP contribution >= 0.6 is 0 Å². The maximum atomic E-state index is 10.3. The molecule has 4 N–H and O–H groups in total. The highest BCUT2D eigenvalue weighted by Gasteiger charge is 2.22. The van der Waals surface area contributed by atoms with E-state index in [2.05, 4.69) is 54.2 Å². The van der Waals surface area contributed by atoms with Gasteiger partial charge in [0.25, 0.3) is 0 Å². The Balaban J connectivity index is -0.000000476. The van der Waals surface area contributed by atoms with Crippen molar-refractivity contribution in [2.45, 2.75) is 119 Å². The molecule has 0 unspecified atom stereocenters. The van der Waals surface area contributed by atoms with Crippen LogP contribution in [0.25, 0.3) is 0 Å². The summed E-state index contributed by atoms with van der Waals surface area (Å²) in [5, 5.41) is 36.7. The second-order valence-corrected chi connectivity index (χ2v) is 10.3. The normalized spacial score (nSPS) is 21.0. The van der Waals surface area contributed by atoms with Crippen LogP contribution in [0.4, 0.5) is 0 Å². The fourth-order valence-electron chi connectivity index (χ4n) is 2.75. The lowest BCUT2D eigenvalue weighted by Gasteiger charge is -2.27. The van der Waals surface area contributed by atoms with Gasteiger partial charge in [-0.1, -0.05) is 69.1 Å². The van der Waals surface area contributed by atoms with E-state index in [1.54, 1.807) is 0 Å². The Bertz CT molecular complexity index is 527. The van der Waals surface area contributed by atoms with Gasteiger partial charge in [0.1, 0.15) is 6.10 Å². The van der Waals surface area contributed by atoms with Gasteiger partial charge in [-0.05, 0) is 36.2 Å². The van der Waals surface area contributed by atoms with Gasteiger partial charge in [-0.15, -0.1) is 0 Å². The van der Waals surface area contributed by atoms with Crippen LogP contribution in [0.3, 0.4) is 0 Å². The van der Waals surface area contributed by atoms with Gasteiger partial charge in [-0.25, -0.2) is 0 Å². The smallest absolute Gasteiger partial charge is 0.305 e. The SMILES string of the molecule is C.C.C=C1C[C@H](O)C[C@@H](/C=C/C(C)(C)C)O1.CC(C)(C)CC[C@@H](O)C[C@@H](O)CC(=O)O. The molecule has 31 heavy (non-hydrogen) atoms. The van der Waals surface area contributed by atoms with E-state index in [1.165, 1.54) is 0 Å². The number of carboxylic acids is 1. The molecule has 0 aromatic carbocycles. The molecule has 1 saturated heterocycles. The van der Waals surface area contributed by atoms with Crippen LogP contribution in [0.5, 0.6) is 0 Å². The van der Waals surface area contributed by atoms with E-state index in [0.717, 1.165) is 6.42 Å². The van der Waals surface area contributed by atoms with Crippen molar-refractivity contribution in [2.24, 2.45) is 10.8 Å². The number of hydrogen-bond acceptors (Lipinski definition) is 5. The van der Waals surface area contributed by atoms with Gasteiger partial charge in [-0.3, -0.25) is 4.79 Å². The third kappa shape index (κ3) is 21.6. The van der Waals surface area contributed by atoms with Gasteiger partial charge in [0.15, 0.2) is 0 Å². The first-order valence-electron chi connectivity index (χ1n) is 10.4. The molecule has 1 aliphatic rings. The van der Waals surface area contributed by atoms with Gasteiger partial charge < -0.3 is 25.2 Å². The highest BCUT2D eigenvalue weighted by molar-refractivity contribution is 5.67. The van der Waals surface area contributed by atoms with Crippen molar-refractivity contribution in [3.63, 3.8) is 0 Å². The molecule has 1 fully saturated rings. The van der Waals surface area contributed by atoms with Crippen molar-refractivity contribution in [3.8, 4) is 0 Å². The molecule has 0 radical (unpaired) electrons. The lowest BCUT2D eigenvalue weighted by Crippen LogP contribution is -2.26. The number of ether oxygens (including phenoxy) is 1. The summed E-state index contributed by atoms with van der Waals surface area (Å²) in [7, 11) is 0. The van der Waals surface area contributed by atoms with Crippen LogP contribution in [0.2, 0.25) is 0 Å². The molecule has 186 valence electrons. The van der Waals surface area contributed by atoms with E-state index < -0.39 is 18.2 Å². The predicted molar refractivity (Wildman–Crippen MR) is 129 cm³/mol. The third-order valence-corrected chi connectivity index (χ3v) is 4.28. The van der Waals surface area contributed by atoms with E-state index in [0.29, 0.717) is 25.0 Å². The van der Waals surface area contributed by atoms with E-state index >= 15 is 0 Å². The van der Waals surface area contributed by atoms with Crippen molar-refractivity contribution in [3.05, 3.63) is 24.5 Å². The quantitative estimate of drug-likeness (QED) is 0.395. The Labute approximate surface area is 191 Å². The molecule has 0 spiro atoms. The average Bonchev–Trinajstić information content (AvgIpc) is 2.48. The van der Waals surface area contributed by atoms with Crippen LogP contribution < -0.4 is 0 Å². The highest BCUT2D eigenvalue weighted by atomic mass is 16.5. The maximum Gasteiger partial charge on any atom is 0.305 e. The fraction of sp³-hybridized carbons (Fsp3) is 0.800. The third-order valence-electron chi connectivity index (χ3n) is 4.28. The monoisotopic (exact) mass is 446 g/mol. The van der Waals surface area contributed by atoms with Crippen LogP contribution in [-0.4, -0.2) is 50.8 Å². The number of carbonyl (C=O) groups is 1. The summed E-state index contributed by atoms with van der Waals surface area (Å²) in [5.41, 5.74) is 0.311. The Morgan fingerprint density at radius 3 is 2.13 bits per heavy atom. The molecule has 0 amide bonds. The van der Waals surface area contributed by atoms with Gasteiger partial charge in [0.05, 0.1) is 30.5 Å². The topological polar surface area (TPSA) is 107 Å². The van der Waals surface area contributed by atoms with E-state index in [4.69, 9.17) is 9.84 Å². The molecule has 0 aromatic heterocycles. The molecule has 0 bridgehead atoms. The average molecular weight is 447 g/mol. The number of carboxylic acid groups (broad SMARTS) is 1. The second-order valence-electron chi connectivity index (χ2n) is 10.3. The molecule has 1 heterocycles. The van der Waals surface area contributed by atoms with E-state index in [1.807, 2.05) is 6.08 Å². The van der Waals surface area contributed by atoms with Crippen molar-refractivity contribution >= 4 is 5.97 Å². The minimum atomic E-state index is -1.04. The van der Waals surface area contributed by atoms with Crippen molar-refractivity contribution in [2.75, 3.05) is 0 Å². The first-order chi connectivity index (χ1) is 13.1. The highest BCUT2D eigenvalue weighted by Crippen LogP contribution is 2.24. The van der Waals surface area contributed by atoms with Gasteiger partial charge in [0, 0.05) is 12.8 Å². The number of aliphatic hydroxyl groups excluding tert-OH is 3. The Morgan fingerprint density at radius 2 is 1.71 bits per heavy atom. The first kappa shape index (κ1) is 34.2. The van der Waals surface area contributed by atoms with E-state index in [9.17, 15) is 20.1 Å². The molecule has 4 atom stereocenters. The van der Waals surface area contributed by atoms with Crippen LogP contribution in [0.1, 0.15) is 94.9 Å². The molecule has 6 heteroatoms. The summed E-state index contributed by atoms with van der Waals surface area (Å²) in [6, 6.07) is 0. The molecule has 1 aliphatic heterocycles. The predicted octanol–water partition coefficient (Wildman–Crippen LogP) is 5.31. The standard InChI is InChI=1S/C12H20O2.C11H22O4.2CH4/c1-9-7-10(13)8-11(14-9)5-6-12(2,3)4;1-11(2,3)5-4-8(12)6-9(13)7-10(14)15;;/h5-6,10-11,13H,1,7-8H2,2-4H3;8-9,12-13H,4-7H2,1-3H3,(H,14,15);2*1H4/b6-5+;;;/t10-,11+;8-,9-;;/m01../s1. The molecule has 0 aliphatic carbocycles. The number of allylic oxidation sites excluding steroid dienone is 1. The number of aliphatic hydroxyl groups is 3. The van der Waals surface area contributed by atoms with E-state index in [-0.39, 0.29) is 50.7 Å². The summed E-state index contributed by atoms with van der Waals surface area (Å²) >= 11 is 0. The fourth-order valence-corrected chi connectivity index (χ4v) is 2.75. The molecule has 0 aromatic rings. The van der Waals surface area contributed by atoms with Gasteiger partial charge >= 0.3 is 5.97 Å². The minimum Gasteiger partial charge on any atom is -0.491 e. The van der Waals surface area contributed by atoms with Crippen molar-refractivity contribution in [1.29, 1.82) is 0 Å². The molecular formula is C25H50O6. The van der Waals surface area contributed by atoms with Crippen LogP contribution in [-0.2, 0) is 9.53 Å². The largest absolute Gasteiger partial charge is 0.491 e. The zero-order valence-corrected chi connectivity index (χ0v) is 19.0. The summed E-state index contributed by atoms with van der Waals surface area (Å²) in [4.78, 5) is 10.3. The van der Waals surface area contributed by atoms with Crippen molar-refractivity contribution < 1.29 is 30.0 Å². The molecule has 0 saturated carbocycles. The van der Waals surface area contributed by atoms with Crippen LogP contribution in [0, 0.1) is 10.8 Å². The number of hydrogen-bond donors (Lipinski definition) is 4.